The molecule has 0 aliphatic rings. The Kier molecular flexibility index (Phi) is 7.65. The van der Waals surface area contributed by atoms with E-state index in [0.29, 0.717) is 31.2 Å². The molecule has 1 aromatic carbocycles. The van der Waals surface area contributed by atoms with E-state index < -0.39 is 15.6 Å². The number of carbonyl (C=O) groups excluding carboxylic acids is 1. The van der Waals surface area contributed by atoms with Gasteiger partial charge in [-0.2, -0.15) is 9.29 Å². The zero-order valence-corrected chi connectivity index (χ0v) is 20.3. The number of aromatic nitrogens is 2. The molecule has 1 N–H and O–H groups in total. The summed E-state index contributed by atoms with van der Waals surface area (Å²) in [7, 11) is -3.48. The maximum absolute atomic E-state index is 12.6. The van der Waals surface area contributed by atoms with E-state index in [9.17, 15) is 13.2 Å². The molecule has 0 spiro atoms. The van der Waals surface area contributed by atoms with Crippen LogP contribution in [-0.2, 0) is 32.2 Å². The van der Waals surface area contributed by atoms with Crippen LogP contribution in [0.2, 0.25) is 0 Å². The lowest BCUT2D eigenvalue weighted by Crippen LogP contribution is -2.42. The van der Waals surface area contributed by atoms with Crippen LogP contribution in [0.1, 0.15) is 72.2 Å². The molecule has 2 rings (SSSR count). The van der Waals surface area contributed by atoms with Crippen LogP contribution in [0.5, 0.6) is 0 Å². The highest BCUT2D eigenvalue weighted by atomic mass is 32.2. The molecule has 31 heavy (non-hydrogen) atoms. The van der Waals surface area contributed by atoms with Gasteiger partial charge in [-0.1, -0.05) is 51.9 Å². The number of rotatable bonds is 9. The first-order valence-electron chi connectivity index (χ1n) is 10.6. The van der Waals surface area contributed by atoms with Crippen LogP contribution in [0.3, 0.4) is 0 Å². The smallest absolute Gasteiger partial charge is 0.243 e. The van der Waals surface area contributed by atoms with Crippen molar-refractivity contribution in [1.29, 1.82) is 0 Å². The predicted octanol–water partition coefficient (Wildman–Crippen LogP) is 3.38. The third-order valence-electron chi connectivity index (χ3n) is 4.99. The van der Waals surface area contributed by atoms with Gasteiger partial charge in [0, 0.05) is 24.9 Å². The van der Waals surface area contributed by atoms with E-state index in [4.69, 9.17) is 4.52 Å². The Hall–Kier alpha value is -2.26. The summed E-state index contributed by atoms with van der Waals surface area (Å²) in [4.78, 5) is 17.2. The highest BCUT2D eigenvalue weighted by Gasteiger charge is 2.31. The molecule has 0 aliphatic carbocycles. The summed E-state index contributed by atoms with van der Waals surface area (Å²) in [6, 6.07) is 6.70. The molecular formula is C22H34N4O4S. The molecule has 8 nitrogen and oxygen atoms in total. The van der Waals surface area contributed by atoms with Gasteiger partial charge in [0.15, 0.2) is 5.82 Å². The zero-order chi connectivity index (χ0) is 23.4. The second-order valence-corrected chi connectivity index (χ2v) is 11.0. The van der Waals surface area contributed by atoms with E-state index in [0.717, 1.165) is 5.56 Å². The van der Waals surface area contributed by atoms with Crippen molar-refractivity contribution in [3.05, 3.63) is 41.5 Å². The first-order valence-corrected chi connectivity index (χ1v) is 12.0. The molecule has 9 heteroatoms. The Balaban J connectivity index is 1.99. The first-order chi connectivity index (χ1) is 14.3. The number of aryl methyl sites for hydroxylation is 1. The van der Waals surface area contributed by atoms with Gasteiger partial charge in [-0.05, 0) is 38.0 Å². The largest absolute Gasteiger partial charge is 0.344 e. The predicted molar refractivity (Wildman–Crippen MR) is 119 cm³/mol. The van der Waals surface area contributed by atoms with Crippen LogP contribution in [0.4, 0.5) is 0 Å². The number of amides is 1. The van der Waals surface area contributed by atoms with Crippen molar-refractivity contribution in [1.82, 2.24) is 19.8 Å². The number of hydrogen-bond donors (Lipinski definition) is 1. The van der Waals surface area contributed by atoms with Crippen molar-refractivity contribution in [2.45, 2.75) is 77.2 Å². The van der Waals surface area contributed by atoms with Crippen molar-refractivity contribution in [2.24, 2.45) is 0 Å². The molecule has 1 heterocycles. The fourth-order valence-electron chi connectivity index (χ4n) is 3.05. The van der Waals surface area contributed by atoms with Crippen LogP contribution in [0.15, 0.2) is 33.7 Å². The van der Waals surface area contributed by atoms with Gasteiger partial charge < -0.3 is 9.84 Å². The van der Waals surface area contributed by atoms with Crippen molar-refractivity contribution < 1.29 is 17.7 Å². The molecule has 0 aliphatic heterocycles. The molecule has 0 radical (unpaired) electrons. The minimum absolute atomic E-state index is 0.146. The van der Waals surface area contributed by atoms with Crippen molar-refractivity contribution >= 4 is 15.9 Å². The summed E-state index contributed by atoms with van der Waals surface area (Å²) < 4.78 is 31.9. The molecule has 1 aromatic heterocycles. The van der Waals surface area contributed by atoms with Gasteiger partial charge in [-0.25, -0.2) is 8.42 Å². The van der Waals surface area contributed by atoms with Gasteiger partial charge in [0.2, 0.25) is 21.8 Å². The maximum Gasteiger partial charge on any atom is 0.243 e. The molecule has 172 valence electrons. The van der Waals surface area contributed by atoms with Gasteiger partial charge in [-0.3, -0.25) is 4.79 Å². The molecular weight excluding hydrogens is 416 g/mol. The first kappa shape index (κ1) is 25.0. The van der Waals surface area contributed by atoms with E-state index in [1.54, 1.807) is 24.3 Å². The summed E-state index contributed by atoms with van der Waals surface area (Å²) >= 11 is 0. The second kappa shape index (κ2) is 9.48. The Labute approximate surface area is 185 Å². The SMILES string of the molecule is CCN(CC)S(=O)(=O)c1ccc(CCC(=O)NC(C)(C)c2noc(C(C)(C)C)n2)cc1. The number of hydrogen-bond acceptors (Lipinski definition) is 6. The summed E-state index contributed by atoms with van der Waals surface area (Å²) in [5.74, 6) is 0.799. The molecule has 0 unspecified atom stereocenters. The zero-order valence-electron chi connectivity index (χ0n) is 19.5. The van der Waals surface area contributed by atoms with Gasteiger partial charge >= 0.3 is 0 Å². The lowest BCUT2D eigenvalue weighted by Gasteiger charge is -2.22. The average molecular weight is 451 g/mol. The van der Waals surface area contributed by atoms with Gasteiger partial charge in [0.1, 0.15) is 0 Å². The van der Waals surface area contributed by atoms with Gasteiger partial charge in [0.05, 0.1) is 10.4 Å². The normalized spacial score (nSPS) is 12.9. The van der Waals surface area contributed by atoms with E-state index in [2.05, 4.69) is 15.5 Å². The van der Waals surface area contributed by atoms with E-state index in [1.165, 1.54) is 4.31 Å². The molecule has 0 saturated heterocycles. The second-order valence-electron chi connectivity index (χ2n) is 9.08. The minimum atomic E-state index is -3.48. The van der Waals surface area contributed by atoms with Gasteiger partial charge in [0.25, 0.3) is 0 Å². The Bertz CT molecular complexity index is 985. The lowest BCUT2D eigenvalue weighted by molar-refractivity contribution is -0.122. The van der Waals surface area contributed by atoms with Crippen LogP contribution < -0.4 is 5.32 Å². The Morgan fingerprint density at radius 1 is 1.06 bits per heavy atom. The third-order valence-corrected chi connectivity index (χ3v) is 7.05. The number of carbonyl (C=O) groups is 1. The molecule has 0 saturated carbocycles. The quantitative estimate of drug-likeness (QED) is 0.628. The van der Waals surface area contributed by atoms with E-state index in [1.807, 2.05) is 48.5 Å². The average Bonchev–Trinajstić information content (AvgIpc) is 3.19. The van der Waals surface area contributed by atoms with E-state index >= 15 is 0 Å². The van der Waals surface area contributed by atoms with Gasteiger partial charge in [-0.15, -0.1) is 0 Å². The molecule has 1 amide bonds. The van der Waals surface area contributed by atoms with Crippen LogP contribution in [-0.4, -0.2) is 41.9 Å². The summed E-state index contributed by atoms with van der Waals surface area (Å²) in [6.07, 6.45) is 0.753. The van der Waals surface area contributed by atoms with E-state index in [-0.39, 0.29) is 22.6 Å². The summed E-state index contributed by atoms with van der Waals surface area (Å²) in [6.45, 7) is 14.1. The molecule has 2 aromatic rings. The topological polar surface area (TPSA) is 105 Å². The van der Waals surface area contributed by atoms with Crippen molar-refractivity contribution in [3.63, 3.8) is 0 Å². The van der Waals surface area contributed by atoms with Crippen molar-refractivity contribution in [3.8, 4) is 0 Å². The Morgan fingerprint density at radius 3 is 2.13 bits per heavy atom. The fraction of sp³-hybridized carbons (Fsp3) is 0.591. The van der Waals surface area contributed by atoms with Crippen LogP contribution in [0.25, 0.3) is 0 Å². The highest BCUT2D eigenvalue weighted by Crippen LogP contribution is 2.24. The standard InChI is InChI=1S/C22H34N4O4S/c1-8-26(9-2)31(28,29)17-13-10-16(11-14-17)12-15-18(27)24-22(6,7)19-23-20(30-25-19)21(3,4)5/h10-11,13-14H,8-9,12,15H2,1-7H3,(H,24,27). The summed E-state index contributed by atoms with van der Waals surface area (Å²) in [5, 5.41) is 6.97. The van der Waals surface area contributed by atoms with Crippen molar-refractivity contribution in [2.75, 3.05) is 13.1 Å². The summed E-state index contributed by atoms with van der Waals surface area (Å²) in [5.41, 5.74) is -0.150. The van der Waals surface area contributed by atoms with Crippen LogP contribution in [0, 0.1) is 0 Å². The molecule has 0 fully saturated rings. The number of benzene rings is 1. The molecule has 0 atom stereocenters. The fourth-order valence-corrected chi connectivity index (χ4v) is 4.51. The molecule has 0 bridgehead atoms. The maximum atomic E-state index is 12.6. The number of nitrogens with one attached hydrogen (secondary N) is 1. The van der Waals surface area contributed by atoms with Crippen LogP contribution >= 0.6 is 0 Å². The number of sulfonamides is 1. The minimum Gasteiger partial charge on any atom is -0.344 e. The number of nitrogens with zero attached hydrogens (tertiary/aromatic N) is 3. The highest BCUT2D eigenvalue weighted by molar-refractivity contribution is 7.89. The monoisotopic (exact) mass is 450 g/mol. The third kappa shape index (κ3) is 6.13. The Morgan fingerprint density at radius 2 is 1.65 bits per heavy atom. The lowest BCUT2D eigenvalue weighted by atomic mass is 9.97.